The summed E-state index contributed by atoms with van der Waals surface area (Å²) in [5, 5.41) is 3.85. The van der Waals surface area contributed by atoms with Crippen molar-refractivity contribution < 1.29 is 12.9 Å². The molecule has 0 N–H and O–H groups in total. The fraction of sp³-hybridized carbons (Fsp3) is 0.222. The largest absolute Gasteiger partial charge is 0.338 e. The van der Waals surface area contributed by atoms with Crippen LogP contribution in [-0.2, 0) is 22.0 Å². The Kier molecular flexibility index (Phi) is 5.05. The molecule has 0 aliphatic rings. The van der Waals surface area contributed by atoms with Gasteiger partial charge in [-0.3, -0.25) is 0 Å². The van der Waals surface area contributed by atoms with Crippen LogP contribution in [0.2, 0.25) is 0 Å². The lowest BCUT2D eigenvalue weighted by Crippen LogP contribution is -2.10. The van der Waals surface area contributed by atoms with E-state index < -0.39 is 9.84 Å². The first kappa shape index (κ1) is 16.4. The van der Waals surface area contributed by atoms with E-state index in [9.17, 15) is 8.42 Å². The zero-order valence-electron chi connectivity index (χ0n) is 13.1. The molecule has 0 spiro atoms. The highest BCUT2D eigenvalue weighted by atomic mass is 32.2. The average molecular weight is 342 g/mol. The molecule has 3 rings (SSSR count). The molecule has 6 heteroatoms. The van der Waals surface area contributed by atoms with Crippen molar-refractivity contribution in [3.8, 4) is 11.4 Å². The minimum Gasteiger partial charge on any atom is -0.338 e. The van der Waals surface area contributed by atoms with E-state index in [4.69, 9.17) is 4.52 Å². The van der Waals surface area contributed by atoms with Gasteiger partial charge in [-0.15, -0.1) is 0 Å². The third-order valence-electron chi connectivity index (χ3n) is 3.61. The summed E-state index contributed by atoms with van der Waals surface area (Å²) >= 11 is 0. The highest BCUT2D eigenvalue weighted by Gasteiger charge is 2.17. The summed E-state index contributed by atoms with van der Waals surface area (Å²) in [6.07, 6.45) is 1.31. The highest BCUT2D eigenvalue weighted by molar-refractivity contribution is 7.90. The Morgan fingerprint density at radius 3 is 2.29 bits per heavy atom. The summed E-state index contributed by atoms with van der Waals surface area (Å²) in [7, 11) is -3.27. The molecule has 0 saturated carbocycles. The summed E-state index contributed by atoms with van der Waals surface area (Å²) in [5.41, 5.74) is 1.94. The Morgan fingerprint density at radius 1 is 0.917 bits per heavy atom. The standard InChI is InChI=1S/C18H18N2O3S/c21-24(22,13-7-10-15-8-3-1-4-9-15)14-17-19-18(20-23-17)16-11-5-2-6-12-16/h1-6,8-9,11-12H,7,10,13-14H2. The van der Waals surface area contributed by atoms with Crippen LogP contribution in [0, 0.1) is 0 Å². The van der Waals surface area contributed by atoms with E-state index >= 15 is 0 Å². The van der Waals surface area contributed by atoms with Gasteiger partial charge in [0.05, 0.1) is 5.75 Å². The molecule has 24 heavy (non-hydrogen) atoms. The van der Waals surface area contributed by atoms with Crippen LogP contribution in [0.3, 0.4) is 0 Å². The van der Waals surface area contributed by atoms with Crippen LogP contribution >= 0.6 is 0 Å². The Bertz CT molecular complexity index is 875. The van der Waals surface area contributed by atoms with Crippen LogP contribution in [0.1, 0.15) is 17.9 Å². The molecule has 124 valence electrons. The van der Waals surface area contributed by atoms with Gasteiger partial charge >= 0.3 is 0 Å². The van der Waals surface area contributed by atoms with Gasteiger partial charge < -0.3 is 4.52 Å². The number of nitrogens with zero attached hydrogens (tertiary/aromatic N) is 2. The van der Waals surface area contributed by atoms with Crippen molar-refractivity contribution in [3.63, 3.8) is 0 Å². The molecular weight excluding hydrogens is 324 g/mol. The minimum atomic E-state index is -3.27. The highest BCUT2D eigenvalue weighted by Crippen LogP contribution is 2.16. The summed E-state index contributed by atoms with van der Waals surface area (Å²) in [5.74, 6) is 0.422. The van der Waals surface area contributed by atoms with Crippen molar-refractivity contribution in [2.75, 3.05) is 5.75 Å². The Balaban J connectivity index is 1.58. The number of benzene rings is 2. The maximum atomic E-state index is 12.2. The van der Waals surface area contributed by atoms with Crippen molar-refractivity contribution in [2.24, 2.45) is 0 Å². The van der Waals surface area contributed by atoms with Gasteiger partial charge in [0.15, 0.2) is 9.84 Å². The van der Waals surface area contributed by atoms with E-state index in [1.165, 1.54) is 0 Å². The van der Waals surface area contributed by atoms with Gasteiger partial charge in [-0.25, -0.2) is 8.42 Å². The maximum absolute atomic E-state index is 12.2. The molecule has 0 radical (unpaired) electrons. The second-order valence-corrected chi connectivity index (χ2v) is 7.74. The van der Waals surface area contributed by atoms with Crippen LogP contribution in [0.15, 0.2) is 65.2 Å². The molecule has 3 aromatic rings. The first-order valence-electron chi connectivity index (χ1n) is 7.75. The molecule has 0 atom stereocenters. The first-order valence-corrected chi connectivity index (χ1v) is 9.57. The number of sulfone groups is 1. The maximum Gasteiger partial charge on any atom is 0.242 e. The van der Waals surface area contributed by atoms with Crippen LogP contribution in [-0.4, -0.2) is 24.3 Å². The molecule has 0 bridgehead atoms. The Hall–Kier alpha value is -2.47. The van der Waals surface area contributed by atoms with Gasteiger partial charge in [0, 0.05) is 5.56 Å². The van der Waals surface area contributed by atoms with Crippen LogP contribution in [0.5, 0.6) is 0 Å². The van der Waals surface area contributed by atoms with E-state index in [0.29, 0.717) is 12.2 Å². The second kappa shape index (κ2) is 7.40. The quantitative estimate of drug-likeness (QED) is 0.659. The van der Waals surface area contributed by atoms with Crippen molar-refractivity contribution in [2.45, 2.75) is 18.6 Å². The van der Waals surface area contributed by atoms with Gasteiger partial charge in [-0.05, 0) is 18.4 Å². The number of rotatable bonds is 7. The fourth-order valence-corrected chi connectivity index (χ4v) is 3.64. The van der Waals surface area contributed by atoms with Crippen LogP contribution in [0.4, 0.5) is 0 Å². The lowest BCUT2D eigenvalue weighted by atomic mass is 10.1. The second-order valence-electron chi connectivity index (χ2n) is 5.56. The normalized spacial score (nSPS) is 11.5. The van der Waals surface area contributed by atoms with Crippen molar-refractivity contribution >= 4 is 9.84 Å². The average Bonchev–Trinajstić information content (AvgIpc) is 3.04. The minimum absolute atomic E-state index is 0.102. The molecular formula is C18H18N2O3S. The molecule has 2 aromatic carbocycles. The van der Waals surface area contributed by atoms with Gasteiger partial charge in [-0.1, -0.05) is 65.8 Å². The molecule has 1 aromatic heterocycles. The third-order valence-corrected chi connectivity index (χ3v) is 5.20. The molecule has 0 saturated heterocycles. The molecule has 0 fully saturated rings. The summed E-state index contributed by atoms with van der Waals surface area (Å²) in [6.45, 7) is 0. The topological polar surface area (TPSA) is 73.1 Å². The predicted molar refractivity (Wildman–Crippen MR) is 92.0 cm³/mol. The monoisotopic (exact) mass is 342 g/mol. The zero-order chi connectivity index (χ0) is 16.8. The van der Waals surface area contributed by atoms with Crippen molar-refractivity contribution in [3.05, 3.63) is 72.1 Å². The van der Waals surface area contributed by atoms with Gasteiger partial charge in [0.1, 0.15) is 5.75 Å². The first-order chi connectivity index (χ1) is 11.6. The summed E-state index contributed by atoms with van der Waals surface area (Å²) in [6, 6.07) is 19.2. The van der Waals surface area contributed by atoms with E-state index in [1.54, 1.807) is 0 Å². The van der Waals surface area contributed by atoms with E-state index in [0.717, 1.165) is 17.5 Å². The molecule has 0 amide bonds. The molecule has 0 unspecified atom stereocenters. The van der Waals surface area contributed by atoms with Crippen molar-refractivity contribution in [1.29, 1.82) is 0 Å². The summed E-state index contributed by atoms with van der Waals surface area (Å²) < 4.78 is 29.5. The lowest BCUT2D eigenvalue weighted by Gasteiger charge is -2.02. The summed E-state index contributed by atoms with van der Waals surface area (Å²) in [4.78, 5) is 4.17. The van der Waals surface area contributed by atoms with Gasteiger partial charge in [0.25, 0.3) is 0 Å². The number of aromatic nitrogens is 2. The van der Waals surface area contributed by atoms with E-state index in [1.807, 2.05) is 60.7 Å². The number of hydrogen-bond acceptors (Lipinski definition) is 5. The SMILES string of the molecule is O=S(=O)(CCCc1ccccc1)Cc1nc(-c2ccccc2)no1. The number of hydrogen-bond donors (Lipinski definition) is 0. The fourth-order valence-electron chi connectivity index (χ4n) is 2.42. The lowest BCUT2D eigenvalue weighted by molar-refractivity contribution is 0.389. The molecule has 0 aliphatic heterocycles. The van der Waals surface area contributed by atoms with Crippen LogP contribution < -0.4 is 0 Å². The van der Waals surface area contributed by atoms with Crippen LogP contribution in [0.25, 0.3) is 11.4 Å². The Morgan fingerprint density at radius 2 is 1.58 bits per heavy atom. The third kappa shape index (κ3) is 4.52. The smallest absolute Gasteiger partial charge is 0.242 e. The predicted octanol–water partition coefficient (Wildman–Crippen LogP) is 3.28. The van der Waals surface area contributed by atoms with Gasteiger partial charge in [-0.2, -0.15) is 4.98 Å². The van der Waals surface area contributed by atoms with Crippen molar-refractivity contribution in [1.82, 2.24) is 10.1 Å². The van der Waals surface area contributed by atoms with E-state index in [2.05, 4.69) is 10.1 Å². The molecule has 5 nitrogen and oxygen atoms in total. The zero-order valence-corrected chi connectivity index (χ0v) is 13.9. The van der Waals surface area contributed by atoms with Gasteiger partial charge in [0.2, 0.25) is 11.7 Å². The Labute approximate surface area is 141 Å². The van der Waals surface area contributed by atoms with E-state index in [-0.39, 0.29) is 17.4 Å². The number of aryl methyl sites for hydroxylation is 1. The molecule has 0 aliphatic carbocycles. The molecule has 1 heterocycles.